The fraction of sp³-hybridized carbons (Fsp3) is 0.0588. The van der Waals surface area contributed by atoms with E-state index >= 15 is 0 Å². The van der Waals surface area contributed by atoms with Crippen LogP contribution in [0.25, 0.3) is 93.8 Å². The molecular formula is C51H35N3. The van der Waals surface area contributed by atoms with E-state index < -0.39 is 0 Å². The molecule has 0 saturated carbocycles. The predicted octanol–water partition coefficient (Wildman–Crippen LogP) is 13.2. The van der Waals surface area contributed by atoms with Crippen LogP contribution in [0.4, 0.5) is 0 Å². The van der Waals surface area contributed by atoms with E-state index in [1.165, 1.54) is 83.1 Å². The number of pyridine rings is 2. The second kappa shape index (κ2) is 11.6. The first kappa shape index (κ1) is 30.8. The number of aromatic nitrogens is 3. The van der Waals surface area contributed by atoms with Crippen molar-refractivity contribution in [2.24, 2.45) is 0 Å². The summed E-state index contributed by atoms with van der Waals surface area (Å²) in [7, 11) is 0. The quantitative estimate of drug-likeness (QED) is 0.172. The van der Waals surface area contributed by atoms with Gasteiger partial charge in [-0.2, -0.15) is 0 Å². The molecule has 0 unspecified atom stereocenters. The molecule has 10 aromatic rings. The van der Waals surface area contributed by atoms with Gasteiger partial charge in [-0.05, 0) is 116 Å². The standard InChI is InChI=1S/C51H35N3/c1-51(2)45-30-35(32-16-18-33(19-17-32)43-29-37-10-8-26-52-49(37)50-42(43)14-9-27-53-50)20-23-39(45)40-24-21-36(31-46(40)51)34-22-25-48-44(28-34)41-13-6-7-15-47(41)54(48)38-11-4-3-5-12-38/h3-31H,1-2H3. The summed E-state index contributed by atoms with van der Waals surface area (Å²) in [5, 5.41) is 4.76. The van der Waals surface area contributed by atoms with Crippen molar-refractivity contribution in [3.8, 4) is 50.2 Å². The van der Waals surface area contributed by atoms with Gasteiger partial charge in [-0.3, -0.25) is 9.97 Å². The third kappa shape index (κ3) is 4.55. The van der Waals surface area contributed by atoms with Crippen molar-refractivity contribution in [1.82, 2.24) is 14.5 Å². The number of hydrogen-bond acceptors (Lipinski definition) is 2. The molecular weight excluding hydrogens is 655 g/mol. The van der Waals surface area contributed by atoms with Gasteiger partial charge in [-0.15, -0.1) is 0 Å². The van der Waals surface area contributed by atoms with Crippen molar-refractivity contribution < 1.29 is 0 Å². The molecule has 0 amide bonds. The van der Waals surface area contributed by atoms with Crippen LogP contribution in [0.2, 0.25) is 0 Å². The zero-order valence-corrected chi connectivity index (χ0v) is 30.1. The van der Waals surface area contributed by atoms with E-state index in [2.05, 4.69) is 175 Å². The van der Waals surface area contributed by atoms with Crippen LogP contribution in [-0.4, -0.2) is 14.5 Å². The Labute approximate surface area is 313 Å². The summed E-state index contributed by atoms with van der Waals surface area (Å²) in [6, 6.07) is 59.9. The lowest BCUT2D eigenvalue weighted by Crippen LogP contribution is -2.15. The van der Waals surface area contributed by atoms with Gasteiger partial charge in [0.1, 0.15) is 0 Å². The number of hydrogen-bond donors (Lipinski definition) is 0. The summed E-state index contributed by atoms with van der Waals surface area (Å²) in [5.41, 5.74) is 18.0. The van der Waals surface area contributed by atoms with Crippen molar-refractivity contribution in [3.63, 3.8) is 0 Å². The maximum atomic E-state index is 4.72. The van der Waals surface area contributed by atoms with Crippen LogP contribution >= 0.6 is 0 Å². The lowest BCUT2D eigenvalue weighted by Gasteiger charge is -2.22. The predicted molar refractivity (Wildman–Crippen MR) is 225 cm³/mol. The highest BCUT2D eigenvalue weighted by molar-refractivity contribution is 6.11. The Morgan fingerprint density at radius 2 is 0.981 bits per heavy atom. The smallest absolute Gasteiger partial charge is 0.0970 e. The normalized spacial score (nSPS) is 13.1. The molecule has 3 nitrogen and oxygen atoms in total. The highest BCUT2D eigenvalue weighted by Gasteiger charge is 2.36. The van der Waals surface area contributed by atoms with E-state index in [-0.39, 0.29) is 5.41 Å². The minimum absolute atomic E-state index is 0.144. The van der Waals surface area contributed by atoms with Gasteiger partial charge in [0.05, 0.1) is 22.1 Å². The highest BCUT2D eigenvalue weighted by Crippen LogP contribution is 2.51. The fourth-order valence-electron chi connectivity index (χ4n) is 8.96. The van der Waals surface area contributed by atoms with Crippen molar-refractivity contribution in [2.75, 3.05) is 0 Å². The lowest BCUT2D eigenvalue weighted by molar-refractivity contribution is 0.661. The number of para-hydroxylation sites is 2. The van der Waals surface area contributed by atoms with E-state index in [1.54, 1.807) is 0 Å². The van der Waals surface area contributed by atoms with Gasteiger partial charge in [0.2, 0.25) is 0 Å². The number of nitrogens with zero attached hydrogens (tertiary/aromatic N) is 3. The Morgan fingerprint density at radius 1 is 0.407 bits per heavy atom. The zero-order valence-electron chi connectivity index (χ0n) is 30.1. The summed E-state index contributed by atoms with van der Waals surface area (Å²) in [5.74, 6) is 0. The molecule has 0 bridgehead atoms. The first-order valence-electron chi connectivity index (χ1n) is 18.6. The Bertz CT molecular complexity index is 3110. The topological polar surface area (TPSA) is 30.7 Å². The van der Waals surface area contributed by atoms with Crippen LogP contribution < -0.4 is 0 Å². The van der Waals surface area contributed by atoms with Crippen molar-refractivity contribution in [1.29, 1.82) is 0 Å². The third-order valence-corrected chi connectivity index (χ3v) is 11.7. The largest absolute Gasteiger partial charge is 0.309 e. The molecule has 254 valence electrons. The summed E-state index contributed by atoms with van der Waals surface area (Å²) in [6.07, 6.45) is 3.69. The van der Waals surface area contributed by atoms with Crippen LogP contribution in [-0.2, 0) is 5.41 Å². The highest BCUT2D eigenvalue weighted by atomic mass is 15.0. The Morgan fingerprint density at radius 3 is 1.76 bits per heavy atom. The minimum atomic E-state index is -0.144. The van der Waals surface area contributed by atoms with Crippen molar-refractivity contribution in [2.45, 2.75) is 19.3 Å². The van der Waals surface area contributed by atoms with E-state index in [4.69, 9.17) is 4.98 Å². The molecule has 0 N–H and O–H groups in total. The van der Waals surface area contributed by atoms with Crippen LogP contribution in [0.15, 0.2) is 176 Å². The third-order valence-electron chi connectivity index (χ3n) is 11.7. The molecule has 0 saturated heterocycles. The van der Waals surface area contributed by atoms with Gasteiger partial charge in [-0.25, -0.2) is 0 Å². The molecule has 0 atom stereocenters. The van der Waals surface area contributed by atoms with Crippen molar-refractivity contribution >= 4 is 43.6 Å². The molecule has 0 spiro atoms. The van der Waals surface area contributed by atoms with E-state index in [9.17, 15) is 0 Å². The molecule has 3 heterocycles. The second-order valence-corrected chi connectivity index (χ2v) is 15.0. The van der Waals surface area contributed by atoms with Gasteiger partial charge in [-0.1, -0.05) is 117 Å². The maximum absolute atomic E-state index is 4.72. The second-order valence-electron chi connectivity index (χ2n) is 15.0. The number of rotatable bonds is 4. The molecule has 54 heavy (non-hydrogen) atoms. The SMILES string of the molecule is CC1(C)c2cc(-c3ccc(-c4cc5cccnc5c5ncccc45)cc3)ccc2-c2ccc(-c3ccc4c(c3)c3ccccc3n4-c3ccccc3)cc21. The number of benzene rings is 7. The zero-order chi connectivity index (χ0) is 36.0. The monoisotopic (exact) mass is 689 g/mol. The molecule has 0 radical (unpaired) electrons. The first-order chi connectivity index (χ1) is 26.5. The van der Waals surface area contributed by atoms with Crippen LogP contribution in [0.1, 0.15) is 25.0 Å². The molecule has 1 aliphatic rings. The van der Waals surface area contributed by atoms with Crippen LogP contribution in [0.3, 0.4) is 0 Å². The Kier molecular flexibility index (Phi) is 6.60. The maximum Gasteiger partial charge on any atom is 0.0970 e. The number of fused-ring (bicyclic) bond motifs is 9. The molecule has 11 rings (SSSR count). The van der Waals surface area contributed by atoms with Gasteiger partial charge in [0, 0.05) is 45.0 Å². The fourth-order valence-corrected chi connectivity index (χ4v) is 8.96. The first-order valence-corrected chi connectivity index (χ1v) is 18.6. The van der Waals surface area contributed by atoms with Gasteiger partial charge in [0.15, 0.2) is 0 Å². The Hall–Kier alpha value is -6.84. The summed E-state index contributed by atoms with van der Waals surface area (Å²) in [4.78, 5) is 9.36. The molecule has 7 aromatic carbocycles. The summed E-state index contributed by atoms with van der Waals surface area (Å²) < 4.78 is 2.38. The van der Waals surface area contributed by atoms with E-state index in [0.29, 0.717) is 0 Å². The summed E-state index contributed by atoms with van der Waals surface area (Å²) in [6.45, 7) is 4.75. The summed E-state index contributed by atoms with van der Waals surface area (Å²) >= 11 is 0. The minimum Gasteiger partial charge on any atom is -0.309 e. The molecule has 1 aliphatic carbocycles. The van der Waals surface area contributed by atoms with E-state index in [0.717, 1.165) is 21.8 Å². The average Bonchev–Trinajstić information content (AvgIpc) is 3.68. The van der Waals surface area contributed by atoms with Crippen LogP contribution in [0, 0.1) is 0 Å². The molecule has 3 heteroatoms. The van der Waals surface area contributed by atoms with E-state index in [1.807, 2.05) is 24.5 Å². The lowest BCUT2D eigenvalue weighted by atomic mass is 9.80. The molecule has 3 aromatic heterocycles. The average molecular weight is 690 g/mol. The van der Waals surface area contributed by atoms with Gasteiger partial charge in [0.25, 0.3) is 0 Å². The van der Waals surface area contributed by atoms with Crippen molar-refractivity contribution in [3.05, 3.63) is 187 Å². The Balaban J connectivity index is 0.950. The molecule has 0 fully saturated rings. The molecule has 0 aliphatic heterocycles. The van der Waals surface area contributed by atoms with Gasteiger partial charge < -0.3 is 4.57 Å². The van der Waals surface area contributed by atoms with Gasteiger partial charge >= 0.3 is 0 Å². The van der Waals surface area contributed by atoms with Crippen LogP contribution in [0.5, 0.6) is 0 Å².